The molecule has 0 aliphatic carbocycles. The molecule has 1 N–H and O–H groups in total. The van der Waals surface area contributed by atoms with Crippen molar-refractivity contribution in [3.63, 3.8) is 0 Å². The summed E-state index contributed by atoms with van der Waals surface area (Å²) in [7, 11) is 0. The van der Waals surface area contributed by atoms with Crippen molar-refractivity contribution in [1.82, 2.24) is 9.97 Å². The van der Waals surface area contributed by atoms with Crippen LogP contribution in [-0.2, 0) is 6.42 Å². The van der Waals surface area contributed by atoms with Crippen LogP contribution in [0.5, 0.6) is 0 Å². The third-order valence-electron chi connectivity index (χ3n) is 2.03. The Morgan fingerprint density at radius 1 is 1.29 bits per heavy atom. The van der Waals surface area contributed by atoms with Crippen molar-refractivity contribution in [2.45, 2.75) is 39.5 Å². The first kappa shape index (κ1) is 11.0. The van der Waals surface area contributed by atoms with Gasteiger partial charge in [0, 0.05) is 18.4 Å². The molecule has 3 heteroatoms. The van der Waals surface area contributed by atoms with E-state index >= 15 is 0 Å². The van der Waals surface area contributed by atoms with Crippen LogP contribution < -0.4 is 5.32 Å². The van der Waals surface area contributed by atoms with Gasteiger partial charge in [0.2, 0.25) is 5.95 Å². The molecule has 0 spiro atoms. The lowest BCUT2D eigenvalue weighted by atomic mass is 10.2. The van der Waals surface area contributed by atoms with Crippen molar-refractivity contribution in [2.24, 2.45) is 0 Å². The lowest BCUT2D eigenvalue weighted by Gasteiger charge is -2.04. The van der Waals surface area contributed by atoms with Gasteiger partial charge >= 0.3 is 0 Å². The summed E-state index contributed by atoms with van der Waals surface area (Å²) in [5.41, 5.74) is 1.14. The molecular weight excluding hydrogens is 174 g/mol. The summed E-state index contributed by atoms with van der Waals surface area (Å²) in [5.74, 6) is 0.764. The minimum atomic E-state index is 0.764. The quantitative estimate of drug-likeness (QED) is 0.754. The molecule has 0 radical (unpaired) electrons. The van der Waals surface area contributed by atoms with E-state index in [0.717, 1.165) is 31.0 Å². The lowest BCUT2D eigenvalue weighted by Crippen LogP contribution is -2.05. The van der Waals surface area contributed by atoms with Crippen LogP contribution in [0.25, 0.3) is 0 Å². The highest BCUT2D eigenvalue weighted by molar-refractivity contribution is 5.24. The summed E-state index contributed by atoms with van der Waals surface area (Å²) in [6.45, 7) is 5.27. The maximum atomic E-state index is 4.43. The number of rotatable bonds is 6. The second kappa shape index (κ2) is 6.35. The molecule has 0 saturated heterocycles. The number of hydrogen-bond acceptors (Lipinski definition) is 3. The van der Waals surface area contributed by atoms with Gasteiger partial charge in [-0.25, -0.2) is 9.97 Å². The van der Waals surface area contributed by atoms with Gasteiger partial charge in [0.25, 0.3) is 0 Å². The Balaban J connectivity index is 2.50. The summed E-state index contributed by atoms with van der Waals surface area (Å²) in [6.07, 6.45) is 6.39. The van der Waals surface area contributed by atoms with Gasteiger partial charge < -0.3 is 5.32 Å². The Hall–Kier alpha value is -1.12. The number of unbranched alkanes of at least 4 members (excludes halogenated alkanes) is 1. The van der Waals surface area contributed by atoms with Crippen LogP contribution in [0.15, 0.2) is 12.3 Å². The molecule has 1 aromatic heterocycles. The van der Waals surface area contributed by atoms with Crippen LogP contribution in [-0.4, -0.2) is 16.5 Å². The fraction of sp³-hybridized carbons (Fsp3) is 0.636. The molecule has 0 bridgehead atoms. The van der Waals surface area contributed by atoms with E-state index in [1.807, 2.05) is 12.3 Å². The summed E-state index contributed by atoms with van der Waals surface area (Å²) < 4.78 is 0. The number of nitrogens with one attached hydrogen (secondary N) is 1. The van der Waals surface area contributed by atoms with E-state index in [4.69, 9.17) is 0 Å². The zero-order valence-electron chi connectivity index (χ0n) is 9.08. The van der Waals surface area contributed by atoms with Crippen molar-refractivity contribution in [2.75, 3.05) is 11.9 Å². The molecule has 0 aliphatic heterocycles. The molecule has 3 nitrogen and oxygen atoms in total. The predicted molar refractivity (Wildman–Crippen MR) is 59.4 cm³/mol. The van der Waals surface area contributed by atoms with Gasteiger partial charge in [-0.1, -0.05) is 20.3 Å². The minimum Gasteiger partial charge on any atom is -0.354 e. The zero-order valence-corrected chi connectivity index (χ0v) is 9.08. The van der Waals surface area contributed by atoms with Gasteiger partial charge in [0.15, 0.2) is 0 Å². The lowest BCUT2D eigenvalue weighted by molar-refractivity contribution is 0.773. The third-order valence-corrected chi connectivity index (χ3v) is 2.03. The van der Waals surface area contributed by atoms with Crippen LogP contribution in [0, 0.1) is 0 Å². The first-order valence-corrected chi connectivity index (χ1v) is 5.42. The Bertz CT molecular complexity index is 237. The van der Waals surface area contributed by atoms with Crippen LogP contribution in [0.4, 0.5) is 5.95 Å². The number of aromatic nitrogens is 2. The van der Waals surface area contributed by atoms with Crippen molar-refractivity contribution >= 4 is 5.95 Å². The highest BCUT2D eigenvalue weighted by Gasteiger charge is 1.97. The molecule has 0 unspecified atom stereocenters. The Morgan fingerprint density at radius 3 is 2.86 bits per heavy atom. The van der Waals surface area contributed by atoms with Gasteiger partial charge in [0.1, 0.15) is 0 Å². The van der Waals surface area contributed by atoms with E-state index in [0.29, 0.717) is 0 Å². The molecule has 1 aromatic rings. The normalized spacial score (nSPS) is 10.1. The molecule has 78 valence electrons. The first-order valence-electron chi connectivity index (χ1n) is 5.42. The summed E-state index contributed by atoms with van der Waals surface area (Å²) in [4.78, 5) is 8.59. The molecule has 0 saturated carbocycles. The van der Waals surface area contributed by atoms with Gasteiger partial charge in [-0.05, 0) is 25.3 Å². The van der Waals surface area contributed by atoms with Crippen LogP contribution >= 0.6 is 0 Å². The average Bonchev–Trinajstić information content (AvgIpc) is 2.24. The molecule has 14 heavy (non-hydrogen) atoms. The summed E-state index contributed by atoms with van der Waals surface area (Å²) >= 11 is 0. The third kappa shape index (κ3) is 3.73. The maximum absolute atomic E-state index is 4.43. The Labute approximate surface area is 86.0 Å². The van der Waals surface area contributed by atoms with E-state index in [1.165, 1.54) is 12.8 Å². The molecule has 0 atom stereocenters. The summed E-state index contributed by atoms with van der Waals surface area (Å²) in [5, 5.41) is 3.19. The SMILES string of the molecule is CCCCc1ccnc(NCCC)n1. The molecule has 1 heterocycles. The fourth-order valence-corrected chi connectivity index (χ4v) is 1.22. The highest BCUT2D eigenvalue weighted by Crippen LogP contribution is 2.04. The van der Waals surface area contributed by atoms with E-state index in [-0.39, 0.29) is 0 Å². The Kier molecular flexibility index (Phi) is 4.97. The molecular formula is C11H19N3. The number of anilines is 1. The number of aryl methyl sites for hydroxylation is 1. The van der Waals surface area contributed by atoms with Gasteiger partial charge in [0.05, 0.1) is 0 Å². The maximum Gasteiger partial charge on any atom is 0.222 e. The number of nitrogens with zero attached hydrogens (tertiary/aromatic N) is 2. The zero-order chi connectivity index (χ0) is 10.2. The average molecular weight is 193 g/mol. The fourth-order valence-electron chi connectivity index (χ4n) is 1.22. The predicted octanol–water partition coefficient (Wildman–Crippen LogP) is 2.64. The van der Waals surface area contributed by atoms with Crippen molar-refractivity contribution in [1.29, 1.82) is 0 Å². The standard InChI is InChI=1S/C11H19N3/c1-3-5-6-10-7-9-13-11(14-10)12-8-4-2/h7,9H,3-6,8H2,1-2H3,(H,12,13,14). The molecule has 0 aromatic carbocycles. The van der Waals surface area contributed by atoms with E-state index in [2.05, 4.69) is 29.1 Å². The minimum absolute atomic E-state index is 0.764. The monoisotopic (exact) mass is 193 g/mol. The van der Waals surface area contributed by atoms with Crippen LogP contribution in [0.3, 0.4) is 0 Å². The summed E-state index contributed by atoms with van der Waals surface area (Å²) in [6, 6.07) is 1.99. The number of hydrogen-bond donors (Lipinski definition) is 1. The smallest absolute Gasteiger partial charge is 0.222 e. The second-order valence-corrected chi connectivity index (χ2v) is 3.40. The first-order chi connectivity index (χ1) is 6.86. The Morgan fingerprint density at radius 2 is 2.14 bits per heavy atom. The van der Waals surface area contributed by atoms with Gasteiger partial charge in [-0.3, -0.25) is 0 Å². The van der Waals surface area contributed by atoms with E-state index in [9.17, 15) is 0 Å². The van der Waals surface area contributed by atoms with Crippen molar-refractivity contribution in [3.05, 3.63) is 18.0 Å². The van der Waals surface area contributed by atoms with E-state index in [1.54, 1.807) is 0 Å². The largest absolute Gasteiger partial charge is 0.354 e. The molecule has 0 fully saturated rings. The second-order valence-electron chi connectivity index (χ2n) is 3.40. The molecule has 0 aliphatic rings. The van der Waals surface area contributed by atoms with Gasteiger partial charge in [-0.15, -0.1) is 0 Å². The van der Waals surface area contributed by atoms with Crippen LogP contribution in [0.2, 0.25) is 0 Å². The van der Waals surface area contributed by atoms with Crippen molar-refractivity contribution < 1.29 is 0 Å². The van der Waals surface area contributed by atoms with Gasteiger partial charge in [-0.2, -0.15) is 0 Å². The van der Waals surface area contributed by atoms with Crippen LogP contribution in [0.1, 0.15) is 38.8 Å². The topological polar surface area (TPSA) is 37.8 Å². The molecule has 0 amide bonds. The highest BCUT2D eigenvalue weighted by atomic mass is 15.1. The van der Waals surface area contributed by atoms with Crippen molar-refractivity contribution in [3.8, 4) is 0 Å². The molecule has 1 rings (SSSR count). The van der Waals surface area contributed by atoms with E-state index < -0.39 is 0 Å².